The lowest BCUT2D eigenvalue weighted by molar-refractivity contribution is 0.402. The van der Waals surface area contributed by atoms with Crippen molar-refractivity contribution in [1.82, 2.24) is 9.88 Å². The van der Waals surface area contributed by atoms with Crippen molar-refractivity contribution in [3.05, 3.63) is 45.9 Å². The smallest absolute Gasteiger partial charge is 0.0898 e. The number of rotatable bonds is 5. The van der Waals surface area contributed by atoms with Gasteiger partial charge in [-0.05, 0) is 45.6 Å². The van der Waals surface area contributed by atoms with Crippen LogP contribution < -0.4 is 5.32 Å². The van der Waals surface area contributed by atoms with E-state index in [0.29, 0.717) is 0 Å². The molecular weight excluding hydrogens is 254 g/mol. The summed E-state index contributed by atoms with van der Waals surface area (Å²) in [4.78, 5) is 6.70. The Labute approximate surface area is 119 Å². The van der Waals surface area contributed by atoms with Crippen LogP contribution in [-0.2, 0) is 6.54 Å². The Morgan fingerprint density at radius 2 is 2.16 bits per heavy atom. The van der Waals surface area contributed by atoms with Crippen molar-refractivity contribution in [1.29, 1.82) is 0 Å². The highest BCUT2D eigenvalue weighted by Gasteiger charge is 2.08. The molecule has 0 spiro atoms. The van der Waals surface area contributed by atoms with Crippen molar-refractivity contribution in [3.8, 4) is 0 Å². The summed E-state index contributed by atoms with van der Waals surface area (Å²) in [6, 6.07) is 8.80. The Balaban J connectivity index is 2.06. The van der Waals surface area contributed by atoms with Gasteiger partial charge in [-0.2, -0.15) is 0 Å². The summed E-state index contributed by atoms with van der Waals surface area (Å²) >= 11 is 1.70. The van der Waals surface area contributed by atoms with Crippen LogP contribution in [0.2, 0.25) is 0 Å². The van der Waals surface area contributed by atoms with E-state index < -0.39 is 0 Å². The fraction of sp³-hybridized carbons (Fsp3) is 0.400. The normalized spacial score (nSPS) is 12.7. The van der Waals surface area contributed by atoms with Crippen LogP contribution in [0.4, 0.5) is 5.69 Å². The van der Waals surface area contributed by atoms with Crippen LogP contribution in [0.1, 0.15) is 29.2 Å². The first-order valence-electron chi connectivity index (χ1n) is 6.47. The van der Waals surface area contributed by atoms with E-state index in [2.05, 4.69) is 65.9 Å². The standard InChI is InChI=1S/C15H21N3S/c1-11(15-10-19-12(2)17-15)16-14-7-5-6-13(8-14)9-18(3)4/h5-8,10-11,16H,9H2,1-4H3. The van der Waals surface area contributed by atoms with Gasteiger partial charge in [0.15, 0.2) is 0 Å². The van der Waals surface area contributed by atoms with Gasteiger partial charge in [-0.25, -0.2) is 4.98 Å². The first kappa shape index (κ1) is 14.0. The highest BCUT2D eigenvalue weighted by Crippen LogP contribution is 2.21. The molecule has 0 saturated heterocycles. The number of nitrogens with one attached hydrogen (secondary N) is 1. The number of nitrogens with zero attached hydrogens (tertiary/aromatic N) is 2. The summed E-state index contributed by atoms with van der Waals surface area (Å²) in [7, 11) is 4.17. The topological polar surface area (TPSA) is 28.2 Å². The first-order chi connectivity index (χ1) is 9.04. The zero-order valence-electron chi connectivity index (χ0n) is 12.0. The van der Waals surface area contributed by atoms with Gasteiger partial charge in [-0.3, -0.25) is 0 Å². The lowest BCUT2D eigenvalue weighted by atomic mass is 10.1. The number of thiazole rings is 1. The predicted molar refractivity (Wildman–Crippen MR) is 82.7 cm³/mol. The maximum atomic E-state index is 4.53. The number of benzene rings is 1. The molecule has 4 heteroatoms. The Hall–Kier alpha value is -1.39. The molecule has 1 N–H and O–H groups in total. The van der Waals surface area contributed by atoms with Crippen molar-refractivity contribution in [2.75, 3.05) is 19.4 Å². The molecular formula is C15H21N3S. The molecule has 1 unspecified atom stereocenters. The highest BCUT2D eigenvalue weighted by molar-refractivity contribution is 7.09. The first-order valence-corrected chi connectivity index (χ1v) is 7.35. The van der Waals surface area contributed by atoms with Crippen LogP contribution in [-0.4, -0.2) is 24.0 Å². The van der Waals surface area contributed by atoms with Gasteiger partial charge in [0, 0.05) is 17.6 Å². The molecule has 1 aromatic heterocycles. The second-order valence-corrected chi connectivity index (χ2v) is 6.16. The molecule has 0 aliphatic heterocycles. The van der Waals surface area contributed by atoms with Gasteiger partial charge in [-0.15, -0.1) is 11.3 Å². The third-order valence-electron chi connectivity index (χ3n) is 2.89. The zero-order valence-corrected chi connectivity index (χ0v) is 12.8. The molecule has 1 atom stereocenters. The van der Waals surface area contributed by atoms with Crippen molar-refractivity contribution in [2.45, 2.75) is 26.4 Å². The van der Waals surface area contributed by atoms with Crippen LogP contribution in [0.25, 0.3) is 0 Å². The molecule has 2 aromatic rings. The molecule has 102 valence electrons. The largest absolute Gasteiger partial charge is 0.377 e. The molecule has 1 heterocycles. The monoisotopic (exact) mass is 275 g/mol. The molecule has 0 bridgehead atoms. The minimum absolute atomic E-state index is 0.236. The van der Waals surface area contributed by atoms with E-state index in [9.17, 15) is 0 Å². The average Bonchev–Trinajstić information content (AvgIpc) is 2.75. The molecule has 2 rings (SSSR count). The van der Waals surface area contributed by atoms with Crippen LogP contribution in [0.5, 0.6) is 0 Å². The van der Waals surface area contributed by atoms with Gasteiger partial charge in [0.25, 0.3) is 0 Å². The minimum Gasteiger partial charge on any atom is -0.377 e. The summed E-state index contributed by atoms with van der Waals surface area (Å²) in [5, 5.41) is 6.75. The van der Waals surface area contributed by atoms with E-state index in [1.165, 1.54) is 5.56 Å². The van der Waals surface area contributed by atoms with Gasteiger partial charge in [0.1, 0.15) is 0 Å². The van der Waals surface area contributed by atoms with E-state index in [-0.39, 0.29) is 6.04 Å². The molecule has 19 heavy (non-hydrogen) atoms. The van der Waals surface area contributed by atoms with Crippen molar-refractivity contribution < 1.29 is 0 Å². The van der Waals surface area contributed by atoms with Gasteiger partial charge < -0.3 is 10.2 Å². The molecule has 0 radical (unpaired) electrons. The maximum Gasteiger partial charge on any atom is 0.0898 e. The summed E-state index contributed by atoms with van der Waals surface area (Å²) in [5.74, 6) is 0. The molecule has 0 fully saturated rings. The van der Waals surface area contributed by atoms with Crippen LogP contribution in [0, 0.1) is 6.92 Å². The van der Waals surface area contributed by atoms with E-state index in [0.717, 1.165) is 22.9 Å². The molecule has 0 saturated carbocycles. The van der Waals surface area contributed by atoms with Crippen molar-refractivity contribution >= 4 is 17.0 Å². The molecule has 1 aromatic carbocycles. The van der Waals surface area contributed by atoms with Crippen LogP contribution in [0.3, 0.4) is 0 Å². The van der Waals surface area contributed by atoms with Gasteiger partial charge in [-0.1, -0.05) is 12.1 Å². The lowest BCUT2D eigenvalue weighted by Crippen LogP contribution is -2.11. The van der Waals surface area contributed by atoms with E-state index >= 15 is 0 Å². The summed E-state index contributed by atoms with van der Waals surface area (Å²) < 4.78 is 0. The fourth-order valence-corrected chi connectivity index (χ4v) is 2.73. The fourth-order valence-electron chi connectivity index (χ4n) is 2.03. The third-order valence-corrected chi connectivity index (χ3v) is 3.68. The minimum atomic E-state index is 0.236. The number of hydrogen-bond donors (Lipinski definition) is 1. The number of hydrogen-bond acceptors (Lipinski definition) is 4. The molecule has 3 nitrogen and oxygen atoms in total. The number of aryl methyl sites for hydroxylation is 1. The van der Waals surface area contributed by atoms with Crippen LogP contribution >= 0.6 is 11.3 Å². The Bertz CT molecular complexity index is 534. The lowest BCUT2D eigenvalue weighted by Gasteiger charge is -2.15. The number of aromatic nitrogens is 1. The predicted octanol–water partition coefficient (Wildman–Crippen LogP) is 3.69. The van der Waals surface area contributed by atoms with E-state index in [4.69, 9.17) is 0 Å². The highest BCUT2D eigenvalue weighted by atomic mass is 32.1. The summed E-state index contributed by atoms with van der Waals surface area (Å²) in [6.07, 6.45) is 0. The average molecular weight is 275 g/mol. The van der Waals surface area contributed by atoms with Gasteiger partial charge in [0.2, 0.25) is 0 Å². The summed E-state index contributed by atoms with van der Waals surface area (Å²) in [5.41, 5.74) is 3.58. The summed E-state index contributed by atoms with van der Waals surface area (Å²) in [6.45, 7) is 5.14. The Morgan fingerprint density at radius 3 is 2.79 bits per heavy atom. The quantitative estimate of drug-likeness (QED) is 0.902. The molecule has 0 aliphatic carbocycles. The van der Waals surface area contributed by atoms with Crippen molar-refractivity contribution in [3.63, 3.8) is 0 Å². The van der Waals surface area contributed by atoms with Crippen molar-refractivity contribution in [2.24, 2.45) is 0 Å². The second kappa shape index (κ2) is 6.17. The molecule has 0 aliphatic rings. The number of anilines is 1. The zero-order chi connectivity index (χ0) is 13.8. The van der Waals surface area contributed by atoms with Gasteiger partial charge in [0.05, 0.1) is 16.7 Å². The molecule has 0 amide bonds. The maximum absolute atomic E-state index is 4.53. The van der Waals surface area contributed by atoms with Crippen LogP contribution in [0.15, 0.2) is 29.6 Å². The Morgan fingerprint density at radius 1 is 1.37 bits per heavy atom. The van der Waals surface area contributed by atoms with E-state index in [1.54, 1.807) is 11.3 Å². The Kier molecular flexibility index (Phi) is 4.56. The third kappa shape index (κ3) is 4.04. The second-order valence-electron chi connectivity index (χ2n) is 5.10. The van der Waals surface area contributed by atoms with E-state index in [1.807, 2.05) is 6.92 Å². The SMILES string of the molecule is Cc1nc(C(C)Nc2cccc(CN(C)C)c2)cs1. The van der Waals surface area contributed by atoms with Gasteiger partial charge >= 0.3 is 0 Å².